The molecule has 8 nitrogen and oxygen atoms in total. The lowest BCUT2D eigenvalue weighted by molar-refractivity contribution is 0.177. The van der Waals surface area contributed by atoms with Crippen molar-refractivity contribution in [2.75, 3.05) is 23.9 Å². The number of aromatic nitrogens is 3. The summed E-state index contributed by atoms with van der Waals surface area (Å²) in [4.78, 5) is 26.4. The smallest absolute Gasteiger partial charge is 0.417 e. The number of hydrogen-bond donors (Lipinski definition) is 1. The van der Waals surface area contributed by atoms with E-state index in [0.717, 1.165) is 16.3 Å². The zero-order chi connectivity index (χ0) is 21.3. The lowest BCUT2D eigenvalue weighted by Gasteiger charge is -2.22. The summed E-state index contributed by atoms with van der Waals surface area (Å²) in [6.07, 6.45) is 0.952. The van der Waals surface area contributed by atoms with E-state index in [-0.39, 0.29) is 17.9 Å². The molecule has 0 spiro atoms. The Balaban J connectivity index is 1.52. The molecule has 1 aromatic heterocycles. The van der Waals surface area contributed by atoms with Crippen LogP contribution in [-0.4, -0.2) is 40.8 Å². The molecule has 2 aromatic carbocycles. The predicted molar refractivity (Wildman–Crippen MR) is 115 cm³/mol. The van der Waals surface area contributed by atoms with Gasteiger partial charge in [-0.15, -0.1) is 0 Å². The van der Waals surface area contributed by atoms with Crippen LogP contribution in [0.5, 0.6) is 5.75 Å². The Labute approximate surface area is 179 Å². The number of rotatable bonds is 6. The maximum Gasteiger partial charge on any atom is 0.417 e. The number of nitrogens with zero attached hydrogens (tertiary/aromatic N) is 4. The van der Waals surface area contributed by atoms with Gasteiger partial charge >= 0.3 is 6.09 Å². The molecule has 1 amide bonds. The number of nitrogens with one attached hydrogen (secondary N) is 1. The summed E-state index contributed by atoms with van der Waals surface area (Å²) >= 11 is 6.24. The van der Waals surface area contributed by atoms with E-state index in [4.69, 9.17) is 21.1 Å². The summed E-state index contributed by atoms with van der Waals surface area (Å²) in [5.41, 5.74) is 1.03. The molecule has 1 saturated heterocycles. The van der Waals surface area contributed by atoms with E-state index in [1.54, 1.807) is 7.11 Å². The summed E-state index contributed by atoms with van der Waals surface area (Å²) in [5.74, 6) is 1.53. The number of halogens is 1. The van der Waals surface area contributed by atoms with Crippen LogP contribution in [0.1, 0.15) is 19.4 Å². The van der Waals surface area contributed by atoms with Gasteiger partial charge in [-0.1, -0.05) is 37.6 Å². The molecule has 1 unspecified atom stereocenters. The maximum absolute atomic E-state index is 12.1. The van der Waals surface area contributed by atoms with E-state index < -0.39 is 6.09 Å². The maximum atomic E-state index is 12.1. The first-order chi connectivity index (χ1) is 14.5. The molecule has 0 aliphatic carbocycles. The zero-order valence-corrected chi connectivity index (χ0v) is 17.7. The van der Waals surface area contributed by atoms with Crippen molar-refractivity contribution in [2.45, 2.75) is 26.4 Å². The van der Waals surface area contributed by atoms with Gasteiger partial charge in [-0.2, -0.15) is 4.98 Å². The highest BCUT2D eigenvalue weighted by molar-refractivity contribution is 6.32. The van der Waals surface area contributed by atoms with Gasteiger partial charge in [0.1, 0.15) is 18.7 Å². The van der Waals surface area contributed by atoms with Gasteiger partial charge in [-0.3, -0.25) is 0 Å². The van der Waals surface area contributed by atoms with Crippen LogP contribution < -0.4 is 15.0 Å². The van der Waals surface area contributed by atoms with E-state index in [0.29, 0.717) is 29.9 Å². The van der Waals surface area contributed by atoms with Crippen molar-refractivity contribution in [3.05, 3.63) is 47.2 Å². The van der Waals surface area contributed by atoms with E-state index in [9.17, 15) is 4.79 Å². The van der Waals surface area contributed by atoms with Gasteiger partial charge in [0.15, 0.2) is 0 Å². The number of methoxy groups -OCH3 is 1. The fourth-order valence-electron chi connectivity index (χ4n) is 3.39. The van der Waals surface area contributed by atoms with Gasteiger partial charge in [0.2, 0.25) is 11.9 Å². The molecular formula is C21H22ClN5O3. The second-order valence-corrected chi connectivity index (χ2v) is 7.80. The van der Waals surface area contributed by atoms with Crippen molar-refractivity contribution in [3.8, 4) is 5.75 Å². The first kappa shape index (κ1) is 20.2. The summed E-state index contributed by atoms with van der Waals surface area (Å²) in [6, 6.07) is 9.76. The quantitative estimate of drug-likeness (QED) is 0.627. The molecule has 9 heteroatoms. The number of carbonyl (C=O) groups excluding carboxylic acids is 1. The fraction of sp³-hybridized carbons (Fsp3) is 0.333. The molecule has 1 aliphatic rings. The Hall–Kier alpha value is -3.13. The van der Waals surface area contributed by atoms with Crippen LogP contribution in [0.15, 0.2) is 36.7 Å². The van der Waals surface area contributed by atoms with Crippen LogP contribution in [-0.2, 0) is 11.3 Å². The molecule has 1 aliphatic heterocycles. The second kappa shape index (κ2) is 8.31. The molecular weight excluding hydrogens is 406 g/mol. The normalized spacial score (nSPS) is 16.2. The minimum atomic E-state index is -0.437. The molecule has 1 N–H and O–H groups in total. The Kier molecular flexibility index (Phi) is 5.59. The molecule has 30 heavy (non-hydrogen) atoms. The van der Waals surface area contributed by atoms with Gasteiger partial charge in [0.05, 0.1) is 18.2 Å². The van der Waals surface area contributed by atoms with Gasteiger partial charge in [-0.05, 0) is 40.5 Å². The minimum Gasteiger partial charge on any atom is -0.495 e. The first-order valence-corrected chi connectivity index (χ1v) is 9.99. The summed E-state index contributed by atoms with van der Waals surface area (Å²) in [7, 11) is 1.60. The third-order valence-corrected chi connectivity index (χ3v) is 5.37. The molecule has 0 bridgehead atoms. The number of ether oxygens (including phenoxy) is 2. The number of benzene rings is 2. The second-order valence-electron chi connectivity index (χ2n) is 7.39. The summed E-state index contributed by atoms with van der Waals surface area (Å²) < 4.78 is 10.4. The number of amides is 1. The van der Waals surface area contributed by atoms with Crippen molar-refractivity contribution in [1.29, 1.82) is 0 Å². The van der Waals surface area contributed by atoms with Crippen molar-refractivity contribution in [3.63, 3.8) is 0 Å². The number of cyclic esters (lactones) is 1. The van der Waals surface area contributed by atoms with E-state index in [2.05, 4.69) is 20.3 Å². The molecule has 4 rings (SSSR count). The van der Waals surface area contributed by atoms with Crippen LogP contribution in [0, 0.1) is 5.92 Å². The van der Waals surface area contributed by atoms with Crippen molar-refractivity contribution in [1.82, 2.24) is 15.0 Å². The van der Waals surface area contributed by atoms with Gasteiger partial charge in [0, 0.05) is 6.54 Å². The number of hydrogen-bond acceptors (Lipinski definition) is 7. The molecule has 156 valence electrons. The largest absolute Gasteiger partial charge is 0.495 e. The van der Waals surface area contributed by atoms with Crippen LogP contribution in [0.4, 0.5) is 16.7 Å². The van der Waals surface area contributed by atoms with Gasteiger partial charge in [-0.25, -0.2) is 19.7 Å². The molecule has 3 aromatic rings. The highest BCUT2D eigenvalue weighted by atomic mass is 35.5. The molecule has 0 saturated carbocycles. The zero-order valence-electron chi connectivity index (χ0n) is 16.9. The molecule has 0 radical (unpaired) electrons. The minimum absolute atomic E-state index is 0.102. The highest BCUT2D eigenvalue weighted by Crippen LogP contribution is 2.30. The standard InChI is InChI=1S/C21H22ClN5O3/c1-12(2)17-10-30-21(28)27(17)20-25-11-24-19(26-20)23-9-13-4-5-14-8-18(29-3)16(22)7-15(14)6-13/h4-8,11-12,17H,9-10H2,1-3H3,(H,23,24,25,26). The Morgan fingerprint density at radius 3 is 2.87 bits per heavy atom. The molecule has 2 heterocycles. The monoisotopic (exact) mass is 427 g/mol. The SMILES string of the molecule is COc1cc2ccc(CNc3ncnc(N4C(=O)OCC4C(C)C)n3)cc2cc1Cl. The Bertz CT molecular complexity index is 1090. The molecule has 1 atom stereocenters. The van der Waals surface area contributed by atoms with Gasteiger partial charge < -0.3 is 14.8 Å². The van der Waals surface area contributed by atoms with Crippen LogP contribution in [0.2, 0.25) is 5.02 Å². The highest BCUT2D eigenvalue weighted by Gasteiger charge is 2.38. The number of fused-ring (bicyclic) bond motifs is 1. The number of anilines is 2. The lowest BCUT2D eigenvalue weighted by Crippen LogP contribution is -2.38. The Morgan fingerprint density at radius 1 is 1.27 bits per heavy atom. The first-order valence-electron chi connectivity index (χ1n) is 9.61. The fourth-order valence-corrected chi connectivity index (χ4v) is 3.64. The van der Waals surface area contributed by atoms with Crippen LogP contribution in [0.25, 0.3) is 10.8 Å². The Morgan fingerprint density at radius 2 is 2.10 bits per heavy atom. The number of carbonyl (C=O) groups is 1. The van der Waals surface area contributed by atoms with Crippen molar-refractivity contribution >= 4 is 40.4 Å². The van der Waals surface area contributed by atoms with Crippen molar-refractivity contribution in [2.24, 2.45) is 5.92 Å². The average Bonchev–Trinajstić information content (AvgIpc) is 3.13. The third-order valence-electron chi connectivity index (χ3n) is 5.08. The van der Waals surface area contributed by atoms with Crippen LogP contribution >= 0.6 is 11.6 Å². The predicted octanol–water partition coefficient (Wildman–Crippen LogP) is 4.28. The average molecular weight is 428 g/mol. The van der Waals surface area contributed by atoms with E-state index >= 15 is 0 Å². The summed E-state index contributed by atoms with van der Waals surface area (Å²) in [5, 5.41) is 5.80. The van der Waals surface area contributed by atoms with Crippen LogP contribution in [0.3, 0.4) is 0 Å². The van der Waals surface area contributed by atoms with Gasteiger partial charge in [0.25, 0.3) is 0 Å². The topological polar surface area (TPSA) is 89.5 Å². The van der Waals surface area contributed by atoms with E-state index in [1.165, 1.54) is 11.2 Å². The molecule has 1 fully saturated rings. The third kappa shape index (κ3) is 3.95. The lowest BCUT2D eigenvalue weighted by atomic mass is 10.1. The van der Waals surface area contributed by atoms with E-state index in [1.807, 2.05) is 44.2 Å². The van der Waals surface area contributed by atoms with Crippen molar-refractivity contribution < 1.29 is 14.3 Å². The summed E-state index contributed by atoms with van der Waals surface area (Å²) in [6.45, 7) is 4.89.